The van der Waals surface area contributed by atoms with E-state index in [1.54, 1.807) is 79.9 Å². The van der Waals surface area contributed by atoms with Gasteiger partial charge in [-0.3, -0.25) is 14.2 Å². The van der Waals surface area contributed by atoms with Gasteiger partial charge >= 0.3 is 0 Å². The lowest BCUT2D eigenvalue weighted by Gasteiger charge is -2.09. The van der Waals surface area contributed by atoms with E-state index in [9.17, 15) is 9.59 Å². The lowest BCUT2D eigenvalue weighted by atomic mass is 10.1. The van der Waals surface area contributed by atoms with E-state index in [4.69, 9.17) is 22.1 Å². The van der Waals surface area contributed by atoms with Crippen molar-refractivity contribution in [2.75, 3.05) is 18.2 Å². The lowest BCUT2D eigenvalue weighted by Crippen LogP contribution is -2.18. The maximum Gasteiger partial charge on any atom is 0.263 e. The number of nitrogen functional groups attached to an aromatic ring is 1. The molecule has 0 bridgehead atoms. The van der Waals surface area contributed by atoms with E-state index in [2.05, 4.69) is 5.32 Å². The minimum absolute atomic E-state index is 0.0662. The Morgan fingerprint density at radius 1 is 1.00 bits per heavy atom. The summed E-state index contributed by atoms with van der Waals surface area (Å²) in [6.45, 7) is 0. The van der Waals surface area contributed by atoms with E-state index in [-0.39, 0.29) is 17.3 Å². The van der Waals surface area contributed by atoms with E-state index >= 15 is 0 Å². The standard InChI is InChI=1S/C23H18ClN3O3/c1-30-17-6-4-5-16(13-17)26-22(28)20-18-7-2-3-8-19(18)27(21(20)25)23(29)14-9-11-15(24)12-10-14/h2-13H,25H2,1H3,(H,26,28). The minimum Gasteiger partial charge on any atom is -0.497 e. The van der Waals surface area contributed by atoms with Gasteiger partial charge in [-0.05, 0) is 42.5 Å². The fraction of sp³-hybridized carbons (Fsp3) is 0.0435. The number of methoxy groups -OCH3 is 1. The second-order valence-electron chi connectivity index (χ2n) is 6.61. The van der Waals surface area contributed by atoms with Crippen molar-refractivity contribution in [3.8, 4) is 5.75 Å². The summed E-state index contributed by atoms with van der Waals surface area (Å²) in [5.41, 5.74) is 8.07. The Labute approximate surface area is 177 Å². The smallest absolute Gasteiger partial charge is 0.263 e. The molecule has 3 N–H and O–H groups in total. The summed E-state index contributed by atoms with van der Waals surface area (Å²) in [6, 6.07) is 20.6. The monoisotopic (exact) mass is 419 g/mol. The molecule has 0 radical (unpaired) electrons. The molecule has 4 aromatic rings. The van der Waals surface area contributed by atoms with E-state index in [1.807, 2.05) is 0 Å². The first-order valence-electron chi connectivity index (χ1n) is 9.14. The number of anilines is 2. The van der Waals surface area contributed by atoms with Crippen LogP contribution < -0.4 is 15.8 Å². The molecule has 0 saturated carbocycles. The largest absolute Gasteiger partial charge is 0.497 e. The molecular formula is C23H18ClN3O3. The van der Waals surface area contributed by atoms with Gasteiger partial charge < -0.3 is 15.8 Å². The molecule has 0 atom stereocenters. The van der Waals surface area contributed by atoms with Gasteiger partial charge in [-0.25, -0.2) is 0 Å². The molecular weight excluding hydrogens is 402 g/mol. The molecule has 150 valence electrons. The zero-order valence-electron chi connectivity index (χ0n) is 16.1. The second-order valence-corrected chi connectivity index (χ2v) is 7.05. The summed E-state index contributed by atoms with van der Waals surface area (Å²) >= 11 is 5.93. The van der Waals surface area contributed by atoms with Gasteiger partial charge in [-0.15, -0.1) is 0 Å². The molecule has 1 amide bonds. The van der Waals surface area contributed by atoms with Gasteiger partial charge in [0, 0.05) is 27.7 Å². The topological polar surface area (TPSA) is 86.3 Å². The molecule has 7 heteroatoms. The highest BCUT2D eigenvalue weighted by Crippen LogP contribution is 2.30. The Bertz CT molecular complexity index is 1260. The molecule has 0 aliphatic carbocycles. The van der Waals surface area contributed by atoms with Crippen molar-refractivity contribution >= 4 is 45.8 Å². The molecule has 30 heavy (non-hydrogen) atoms. The van der Waals surface area contributed by atoms with Crippen LogP contribution in [0.2, 0.25) is 5.02 Å². The third-order valence-electron chi connectivity index (χ3n) is 4.76. The summed E-state index contributed by atoms with van der Waals surface area (Å²) in [5, 5.41) is 3.93. The number of benzene rings is 3. The highest BCUT2D eigenvalue weighted by atomic mass is 35.5. The summed E-state index contributed by atoms with van der Waals surface area (Å²) in [4.78, 5) is 26.3. The van der Waals surface area contributed by atoms with Crippen molar-refractivity contribution in [2.24, 2.45) is 0 Å². The minimum atomic E-state index is -0.417. The van der Waals surface area contributed by atoms with Crippen LogP contribution in [0.25, 0.3) is 10.9 Å². The molecule has 0 spiro atoms. The van der Waals surface area contributed by atoms with Crippen LogP contribution in [0.15, 0.2) is 72.8 Å². The van der Waals surface area contributed by atoms with Crippen LogP contribution in [0, 0.1) is 0 Å². The Morgan fingerprint density at radius 3 is 2.47 bits per heavy atom. The maximum atomic E-state index is 13.2. The number of hydrogen-bond donors (Lipinski definition) is 2. The predicted octanol–water partition coefficient (Wildman–Crippen LogP) is 4.83. The number of nitrogens with one attached hydrogen (secondary N) is 1. The summed E-state index contributed by atoms with van der Waals surface area (Å²) in [6.07, 6.45) is 0. The van der Waals surface area contributed by atoms with Gasteiger partial charge in [-0.2, -0.15) is 0 Å². The first-order chi connectivity index (χ1) is 14.5. The van der Waals surface area contributed by atoms with E-state index < -0.39 is 5.91 Å². The number of halogens is 1. The van der Waals surface area contributed by atoms with Crippen LogP contribution in [0.1, 0.15) is 20.7 Å². The van der Waals surface area contributed by atoms with Crippen LogP contribution in [0.4, 0.5) is 11.5 Å². The summed E-state index contributed by atoms with van der Waals surface area (Å²) < 4.78 is 6.54. The van der Waals surface area contributed by atoms with Gasteiger partial charge in [0.2, 0.25) is 0 Å². The fourth-order valence-electron chi connectivity index (χ4n) is 3.33. The molecule has 0 aliphatic heterocycles. The third kappa shape index (κ3) is 3.49. The number of amides is 1. The van der Waals surface area contributed by atoms with Crippen molar-refractivity contribution in [3.05, 3.63) is 88.9 Å². The van der Waals surface area contributed by atoms with E-state index in [0.717, 1.165) is 0 Å². The number of nitrogens with two attached hydrogens (primary N) is 1. The molecule has 0 saturated heterocycles. The first kappa shape index (κ1) is 19.5. The Balaban J connectivity index is 1.79. The van der Waals surface area contributed by atoms with Crippen LogP contribution in [-0.2, 0) is 0 Å². The highest BCUT2D eigenvalue weighted by molar-refractivity contribution is 6.30. The van der Waals surface area contributed by atoms with E-state index in [1.165, 1.54) is 4.57 Å². The second kappa shape index (κ2) is 7.93. The van der Waals surface area contributed by atoms with E-state index in [0.29, 0.717) is 32.9 Å². The predicted molar refractivity (Wildman–Crippen MR) is 118 cm³/mol. The van der Waals surface area contributed by atoms with Gasteiger partial charge in [0.15, 0.2) is 0 Å². The molecule has 4 rings (SSSR count). The van der Waals surface area contributed by atoms with Gasteiger partial charge in [0.25, 0.3) is 11.8 Å². The Hall–Kier alpha value is -3.77. The Kier molecular flexibility index (Phi) is 5.16. The number of ether oxygens (including phenoxy) is 1. The molecule has 0 aliphatic rings. The molecule has 0 unspecified atom stereocenters. The number of nitrogens with zero attached hydrogens (tertiary/aromatic N) is 1. The molecule has 1 aromatic heterocycles. The van der Waals surface area contributed by atoms with Gasteiger partial charge in [-0.1, -0.05) is 35.9 Å². The quantitative estimate of drug-likeness (QED) is 0.496. The zero-order valence-corrected chi connectivity index (χ0v) is 16.8. The fourth-order valence-corrected chi connectivity index (χ4v) is 3.46. The molecule has 6 nitrogen and oxygen atoms in total. The van der Waals surface area contributed by atoms with Crippen LogP contribution in [0.3, 0.4) is 0 Å². The molecule has 1 heterocycles. The maximum absolute atomic E-state index is 13.2. The zero-order chi connectivity index (χ0) is 21.3. The van der Waals surface area contributed by atoms with Crippen LogP contribution >= 0.6 is 11.6 Å². The number of carbonyl (C=O) groups is 2. The SMILES string of the molecule is COc1cccc(NC(=O)c2c(N)n(C(=O)c3ccc(Cl)cc3)c3ccccc23)c1. The normalized spacial score (nSPS) is 10.7. The van der Waals surface area contributed by atoms with Crippen molar-refractivity contribution in [3.63, 3.8) is 0 Å². The van der Waals surface area contributed by atoms with Gasteiger partial charge in [0.05, 0.1) is 18.2 Å². The average Bonchev–Trinajstić information content (AvgIpc) is 3.05. The van der Waals surface area contributed by atoms with Crippen molar-refractivity contribution < 1.29 is 14.3 Å². The molecule has 0 fully saturated rings. The summed E-state index contributed by atoms with van der Waals surface area (Å²) in [5.74, 6) is -0.0851. The first-order valence-corrected chi connectivity index (χ1v) is 9.52. The Morgan fingerprint density at radius 2 is 1.73 bits per heavy atom. The highest BCUT2D eigenvalue weighted by Gasteiger charge is 2.24. The number of fused-ring (bicyclic) bond motifs is 1. The van der Waals surface area contributed by atoms with Crippen molar-refractivity contribution in [1.82, 2.24) is 4.57 Å². The summed E-state index contributed by atoms with van der Waals surface area (Å²) in [7, 11) is 1.55. The number of aromatic nitrogens is 1. The number of rotatable bonds is 4. The van der Waals surface area contributed by atoms with Crippen LogP contribution in [-0.4, -0.2) is 23.5 Å². The lowest BCUT2D eigenvalue weighted by molar-refractivity contribution is 0.0967. The number of carbonyl (C=O) groups excluding carboxylic acids is 2. The van der Waals surface area contributed by atoms with Crippen molar-refractivity contribution in [1.29, 1.82) is 0 Å². The average molecular weight is 420 g/mol. The third-order valence-corrected chi connectivity index (χ3v) is 5.01. The van der Waals surface area contributed by atoms with Crippen molar-refractivity contribution in [2.45, 2.75) is 0 Å². The van der Waals surface area contributed by atoms with Crippen LogP contribution in [0.5, 0.6) is 5.75 Å². The number of hydrogen-bond acceptors (Lipinski definition) is 4. The number of para-hydroxylation sites is 1. The molecule has 3 aromatic carbocycles. The van der Waals surface area contributed by atoms with Gasteiger partial charge in [0.1, 0.15) is 11.6 Å².